The van der Waals surface area contributed by atoms with Gasteiger partial charge in [-0.15, -0.1) is 0 Å². The number of halogens is 2. The topological polar surface area (TPSA) is 71.4 Å². The molecule has 0 aliphatic heterocycles. The Labute approximate surface area is 107 Å². The Morgan fingerprint density at radius 1 is 1.41 bits per heavy atom. The highest BCUT2D eigenvalue weighted by molar-refractivity contribution is 9.10. The second kappa shape index (κ2) is 5.59. The Bertz CT molecular complexity index is 527. The molecule has 0 unspecified atom stereocenters. The van der Waals surface area contributed by atoms with E-state index in [4.69, 9.17) is 5.11 Å². The molecule has 0 atom stereocenters. The molecule has 0 fully saturated rings. The lowest BCUT2D eigenvalue weighted by Gasteiger charge is -2.05. The van der Waals surface area contributed by atoms with Gasteiger partial charge in [0.1, 0.15) is 5.82 Å². The van der Waals surface area contributed by atoms with Gasteiger partial charge in [0.25, 0.3) is 0 Å². The molecular weight excluding hydrogens is 315 g/mol. The highest BCUT2D eigenvalue weighted by Crippen LogP contribution is 2.18. The monoisotopic (exact) mass is 324 g/mol. The fourth-order valence-electron chi connectivity index (χ4n) is 1.21. The lowest BCUT2D eigenvalue weighted by molar-refractivity contribution is -0.136. The maximum atomic E-state index is 13.3. The lowest BCUT2D eigenvalue weighted by Crippen LogP contribution is -2.13. The first kappa shape index (κ1) is 14.1. The predicted molar refractivity (Wildman–Crippen MR) is 63.8 cm³/mol. The normalized spacial score (nSPS) is 11.4. The number of carboxylic acids is 1. The van der Waals surface area contributed by atoms with Crippen LogP contribution in [0, 0.1) is 5.82 Å². The number of sulfone groups is 1. The van der Waals surface area contributed by atoms with E-state index >= 15 is 0 Å². The molecular formula is C10H10BrFO4S. The number of hydrogen-bond acceptors (Lipinski definition) is 3. The Morgan fingerprint density at radius 2 is 2.06 bits per heavy atom. The first-order valence-corrected chi connectivity index (χ1v) is 7.28. The van der Waals surface area contributed by atoms with Crippen molar-refractivity contribution in [3.05, 3.63) is 34.1 Å². The molecule has 1 aromatic rings. The first-order chi connectivity index (χ1) is 7.80. The van der Waals surface area contributed by atoms with Crippen LogP contribution in [-0.2, 0) is 20.4 Å². The van der Waals surface area contributed by atoms with Crippen molar-refractivity contribution in [3.63, 3.8) is 0 Å². The standard InChI is InChI=1S/C10H10BrFO4S/c11-8-1-2-9(12)7(5-8)6-17(15,16)4-3-10(13)14/h1-2,5H,3-4,6H2,(H,13,14). The molecule has 0 saturated heterocycles. The molecule has 4 nitrogen and oxygen atoms in total. The van der Waals surface area contributed by atoms with Gasteiger partial charge in [0.05, 0.1) is 17.9 Å². The van der Waals surface area contributed by atoms with Crippen LogP contribution in [0.25, 0.3) is 0 Å². The zero-order chi connectivity index (χ0) is 13.1. The zero-order valence-electron chi connectivity index (χ0n) is 8.69. The van der Waals surface area contributed by atoms with Crippen LogP contribution >= 0.6 is 15.9 Å². The summed E-state index contributed by atoms with van der Waals surface area (Å²) in [7, 11) is -3.61. The molecule has 0 saturated carbocycles. The van der Waals surface area contributed by atoms with Crippen molar-refractivity contribution in [2.75, 3.05) is 5.75 Å². The van der Waals surface area contributed by atoms with E-state index in [1.807, 2.05) is 0 Å². The second-order valence-electron chi connectivity index (χ2n) is 3.47. The van der Waals surface area contributed by atoms with Crippen molar-refractivity contribution in [1.82, 2.24) is 0 Å². The van der Waals surface area contributed by atoms with E-state index in [-0.39, 0.29) is 5.56 Å². The van der Waals surface area contributed by atoms with Crippen molar-refractivity contribution in [2.45, 2.75) is 12.2 Å². The van der Waals surface area contributed by atoms with Crippen LogP contribution < -0.4 is 0 Å². The van der Waals surface area contributed by atoms with Gasteiger partial charge in [0.2, 0.25) is 0 Å². The third kappa shape index (κ3) is 4.82. The van der Waals surface area contributed by atoms with Gasteiger partial charge < -0.3 is 5.11 Å². The van der Waals surface area contributed by atoms with Crippen LogP contribution in [0.5, 0.6) is 0 Å². The molecule has 94 valence electrons. The molecule has 0 aromatic heterocycles. The van der Waals surface area contributed by atoms with Gasteiger partial charge >= 0.3 is 5.97 Å². The Hall–Kier alpha value is -0.950. The summed E-state index contributed by atoms with van der Waals surface area (Å²) < 4.78 is 36.9. The van der Waals surface area contributed by atoms with Gasteiger partial charge in [-0.25, -0.2) is 12.8 Å². The SMILES string of the molecule is O=C(O)CCS(=O)(=O)Cc1cc(Br)ccc1F. The average Bonchev–Trinajstić information content (AvgIpc) is 2.20. The van der Waals surface area contributed by atoms with Crippen molar-refractivity contribution in [1.29, 1.82) is 0 Å². The van der Waals surface area contributed by atoms with Crippen LogP contribution in [0.3, 0.4) is 0 Å². The van der Waals surface area contributed by atoms with Gasteiger partial charge in [-0.05, 0) is 18.2 Å². The molecule has 0 amide bonds. The molecule has 1 N–H and O–H groups in total. The van der Waals surface area contributed by atoms with Crippen molar-refractivity contribution in [3.8, 4) is 0 Å². The minimum atomic E-state index is -3.61. The number of aliphatic carboxylic acids is 1. The molecule has 0 spiro atoms. The summed E-state index contributed by atoms with van der Waals surface area (Å²) in [6.45, 7) is 0. The van der Waals surface area contributed by atoms with Gasteiger partial charge in [-0.1, -0.05) is 15.9 Å². The summed E-state index contributed by atoms with van der Waals surface area (Å²) in [6.07, 6.45) is -0.474. The summed E-state index contributed by atoms with van der Waals surface area (Å²) >= 11 is 3.11. The minimum absolute atomic E-state index is 0.0322. The number of rotatable bonds is 5. The Morgan fingerprint density at radius 3 is 2.65 bits per heavy atom. The van der Waals surface area contributed by atoms with E-state index in [1.54, 1.807) is 0 Å². The fraction of sp³-hybridized carbons (Fsp3) is 0.300. The third-order valence-electron chi connectivity index (χ3n) is 2.01. The smallest absolute Gasteiger partial charge is 0.304 e. The molecule has 0 heterocycles. The van der Waals surface area contributed by atoms with Crippen LogP contribution in [0.1, 0.15) is 12.0 Å². The maximum Gasteiger partial charge on any atom is 0.304 e. The van der Waals surface area contributed by atoms with Gasteiger partial charge in [0.15, 0.2) is 9.84 Å². The van der Waals surface area contributed by atoms with Crippen LogP contribution in [0.4, 0.5) is 4.39 Å². The average molecular weight is 325 g/mol. The van der Waals surface area contributed by atoms with E-state index < -0.39 is 39.6 Å². The summed E-state index contributed by atoms with van der Waals surface area (Å²) in [4.78, 5) is 10.3. The van der Waals surface area contributed by atoms with E-state index in [9.17, 15) is 17.6 Å². The summed E-state index contributed by atoms with van der Waals surface area (Å²) in [5, 5.41) is 8.40. The highest BCUT2D eigenvalue weighted by Gasteiger charge is 2.16. The number of hydrogen-bond donors (Lipinski definition) is 1. The third-order valence-corrected chi connectivity index (χ3v) is 4.08. The van der Waals surface area contributed by atoms with E-state index in [0.29, 0.717) is 4.47 Å². The number of carbonyl (C=O) groups is 1. The number of carboxylic acid groups (broad SMARTS) is 1. The van der Waals surface area contributed by atoms with Gasteiger partial charge in [0, 0.05) is 10.0 Å². The molecule has 17 heavy (non-hydrogen) atoms. The summed E-state index contributed by atoms with van der Waals surface area (Å²) in [6, 6.07) is 3.99. The molecule has 7 heteroatoms. The fourth-order valence-corrected chi connectivity index (χ4v) is 2.94. The molecule has 1 rings (SSSR count). The van der Waals surface area contributed by atoms with E-state index in [1.165, 1.54) is 12.1 Å². The van der Waals surface area contributed by atoms with Crippen LogP contribution in [0.2, 0.25) is 0 Å². The first-order valence-electron chi connectivity index (χ1n) is 4.66. The van der Waals surface area contributed by atoms with Gasteiger partial charge in [-0.3, -0.25) is 4.79 Å². The van der Waals surface area contributed by atoms with Crippen molar-refractivity contribution in [2.24, 2.45) is 0 Å². The van der Waals surface area contributed by atoms with Gasteiger partial charge in [-0.2, -0.15) is 0 Å². The van der Waals surface area contributed by atoms with Crippen LogP contribution in [0.15, 0.2) is 22.7 Å². The highest BCUT2D eigenvalue weighted by atomic mass is 79.9. The summed E-state index contributed by atoms with van der Waals surface area (Å²) in [5.41, 5.74) is 0.0322. The molecule has 0 radical (unpaired) electrons. The van der Waals surface area contributed by atoms with E-state index in [2.05, 4.69) is 15.9 Å². The predicted octanol–water partition coefficient (Wildman–Crippen LogP) is 1.98. The minimum Gasteiger partial charge on any atom is -0.481 e. The number of benzene rings is 1. The lowest BCUT2D eigenvalue weighted by atomic mass is 10.2. The Balaban J connectivity index is 2.83. The Kier molecular flexibility index (Phi) is 4.64. The van der Waals surface area contributed by atoms with Crippen LogP contribution in [-0.4, -0.2) is 25.2 Å². The quantitative estimate of drug-likeness (QED) is 0.898. The molecule has 1 aromatic carbocycles. The molecule has 0 bridgehead atoms. The zero-order valence-corrected chi connectivity index (χ0v) is 11.1. The molecule has 0 aliphatic carbocycles. The largest absolute Gasteiger partial charge is 0.481 e. The molecule has 0 aliphatic rings. The van der Waals surface area contributed by atoms with Crippen molar-refractivity contribution < 1.29 is 22.7 Å². The van der Waals surface area contributed by atoms with E-state index in [0.717, 1.165) is 6.07 Å². The second-order valence-corrected chi connectivity index (χ2v) is 6.57. The summed E-state index contributed by atoms with van der Waals surface area (Å²) in [5.74, 6) is -2.80. The maximum absolute atomic E-state index is 13.3. The van der Waals surface area contributed by atoms with Crippen molar-refractivity contribution >= 4 is 31.7 Å².